The van der Waals surface area contributed by atoms with Gasteiger partial charge >= 0.3 is 6.18 Å². The summed E-state index contributed by atoms with van der Waals surface area (Å²) in [7, 11) is 0. The highest BCUT2D eigenvalue weighted by molar-refractivity contribution is 6.04. The minimum absolute atomic E-state index is 0.00343. The first kappa shape index (κ1) is 21.4. The van der Waals surface area contributed by atoms with Gasteiger partial charge < -0.3 is 15.4 Å². The second kappa shape index (κ2) is 8.74. The van der Waals surface area contributed by atoms with E-state index in [-0.39, 0.29) is 17.3 Å². The van der Waals surface area contributed by atoms with Crippen LogP contribution in [0.15, 0.2) is 65.9 Å². The number of anilines is 1. The van der Waals surface area contributed by atoms with Crippen LogP contribution >= 0.6 is 0 Å². The summed E-state index contributed by atoms with van der Waals surface area (Å²) >= 11 is 0. The highest BCUT2D eigenvalue weighted by Gasteiger charge is 2.33. The van der Waals surface area contributed by atoms with E-state index in [2.05, 4.69) is 20.3 Å². The normalized spacial score (nSPS) is 12.0. The van der Waals surface area contributed by atoms with Crippen molar-refractivity contribution in [1.29, 1.82) is 0 Å². The number of aromatic amines is 1. The maximum Gasteiger partial charge on any atom is 0.418 e. The summed E-state index contributed by atoms with van der Waals surface area (Å²) in [5.74, 6) is -0.0801. The maximum atomic E-state index is 13.7. The number of aromatic nitrogens is 2. The molecule has 5 nitrogen and oxygen atoms in total. The predicted octanol–water partition coefficient (Wildman–Crippen LogP) is 6.00. The van der Waals surface area contributed by atoms with Gasteiger partial charge in [0.25, 0.3) is 0 Å². The Labute approximate surface area is 182 Å². The zero-order valence-electron chi connectivity index (χ0n) is 17.2. The van der Waals surface area contributed by atoms with E-state index in [0.717, 1.165) is 28.1 Å². The molecule has 0 fully saturated rings. The topological polar surface area (TPSA) is 73.3 Å². The van der Waals surface area contributed by atoms with Crippen molar-refractivity contribution in [3.05, 3.63) is 83.2 Å². The fourth-order valence-electron chi connectivity index (χ4n) is 3.60. The monoisotopic (exact) mass is 438 g/mol. The minimum Gasteiger partial charge on any atom is -0.494 e. The van der Waals surface area contributed by atoms with Crippen molar-refractivity contribution in [3.8, 4) is 5.88 Å². The van der Waals surface area contributed by atoms with E-state index in [0.29, 0.717) is 18.5 Å². The highest BCUT2D eigenvalue weighted by atomic mass is 19.4. The van der Waals surface area contributed by atoms with Crippen LogP contribution in [0, 0.1) is 6.92 Å². The molecule has 32 heavy (non-hydrogen) atoms. The van der Waals surface area contributed by atoms with Crippen molar-refractivity contribution in [1.82, 2.24) is 9.97 Å². The summed E-state index contributed by atoms with van der Waals surface area (Å²) < 4.78 is 41.0. The van der Waals surface area contributed by atoms with Gasteiger partial charge in [0, 0.05) is 41.7 Å². The molecule has 0 unspecified atom stereocenters. The predicted molar refractivity (Wildman–Crippen MR) is 120 cm³/mol. The molecule has 3 N–H and O–H groups in total. The molecule has 8 heteroatoms. The fraction of sp³-hybridized carbons (Fsp3) is 0.167. The Hall–Kier alpha value is -3.81. The molecule has 0 saturated heterocycles. The largest absolute Gasteiger partial charge is 0.494 e. The molecule has 0 spiro atoms. The quantitative estimate of drug-likeness (QED) is 0.323. The van der Waals surface area contributed by atoms with E-state index < -0.39 is 11.7 Å². The SMILES string of the molecule is Cc1cccc2[nH]c(O)c(C=Nc3ccc(NCCc4ccncc4)c(C(F)(F)F)c3)c12. The Kier molecular flexibility index (Phi) is 5.85. The molecular formula is C24H21F3N4O. The van der Waals surface area contributed by atoms with Gasteiger partial charge in [0.1, 0.15) is 0 Å². The van der Waals surface area contributed by atoms with Crippen molar-refractivity contribution in [2.75, 3.05) is 11.9 Å². The molecule has 0 aliphatic heterocycles. The highest BCUT2D eigenvalue weighted by Crippen LogP contribution is 2.37. The molecule has 4 aromatic rings. The zero-order chi connectivity index (χ0) is 22.7. The first-order valence-corrected chi connectivity index (χ1v) is 10.0. The molecule has 2 aromatic heterocycles. The average molecular weight is 438 g/mol. The van der Waals surface area contributed by atoms with Crippen molar-refractivity contribution in [3.63, 3.8) is 0 Å². The fourth-order valence-corrected chi connectivity index (χ4v) is 3.60. The number of nitrogens with one attached hydrogen (secondary N) is 2. The Morgan fingerprint density at radius 2 is 1.91 bits per heavy atom. The van der Waals surface area contributed by atoms with Crippen molar-refractivity contribution in [2.45, 2.75) is 19.5 Å². The summed E-state index contributed by atoms with van der Waals surface area (Å²) in [5, 5.41) is 13.9. The van der Waals surface area contributed by atoms with Gasteiger partial charge in [-0.1, -0.05) is 12.1 Å². The van der Waals surface area contributed by atoms with Crippen LogP contribution in [0.2, 0.25) is 0 Å². The molecule has 0 saturated carbocycles. The number of nitrogens with zero attached hydrogens (tertiary/aromatic N) is 2. The summed E-state index contributed by atoms with van der Waals surface area (Å²) in [6, 6.07) is 13.1. The van der Waals surface area contributed by atoms with E-state index in [9.17, 15) is 18.3 Å². The zero-order valence-corrected chi connectivity index (χ0v) is 17.2. The number of aromatic hydroxyl groups is 1. The summed E-state index contributed by atoms with van der Waals surface area (Å²) in [6.07, 6.45) is 0.711. The molecule has 0 bridgehead atoms. The number of rotatable bonds is 6. The lowest BCUT2D eigenvalue weighted by atomic mass is 10.1. The van der Waals surface area contributed by atoms with Crippen LogP contribution in [0.3, 0.4) is 0 Å². The number of halogens is 3. The molecule has 4 rings (SSSR count). The number of fused-ring (bicyclic) bond motifs is 1. The molecule has 164 valence electrons. The van der Waals surface area contributed by atoms with Gasteiger partial charge in [-0.2, -0.15) is 13.2 Å². The average Bonchev–Trinajstić information content (AvgIpc) is 3.09. The van der Waals surface area contributed by atoms with Crippen LogP contribution in [0.25, 0.3) is 10.9 Å². The van der Waals surface area contributed by atoms with Gasteiger partial charge in [-0.25, -0.2) is 0 Å². The van der Waals surface area contributed by atoms with Gasteiger partial charge in [-0.05, 0) is 60.9 Å². The third-order valence-corrected chi connectivity index (χ3v) is 5.18. The lowest BCUT2D eigenvalue weighted by molar-refractivity contribution is -0.136. The van der Waals surface area contributed by atoms with Gasteiger partial charge in [-0.15, -0.1) is 0 Å². The van der Waals surface area contributed by atoms with Crippen molar-refractivity contribution in [2.24, 2.45) is 4.99 Å². The number of aryl methyl sites for hydroxylation is 1. The molecule has 0 atom stereocenters. The number of benzene rings is 2. The van der Waals surface area contributed by atoms with Gasteiger partial charge in [-0.3, -0.25) is 9.98 Å². The van der Waals surface area contributed by atoms with Crippen LogP contribution in [0.4, 0.5) is 24.5 Å². The molecule has 0 amide bonds. The molecule has 2 aromatic carbocycles. The summed E-state index contributed by atoms with van der Waals surface area (Å²) in [6.45, 7) is 2.24. The van der Waals surface area contributed by atoms with Crippen molar-refractivity contribution < 1.29 is 18.3 Å². The first-order chi connectivity index (χ1) is 15.3. The van der Waals surface area contributed by atoms with E-state index in [4.69, 9.17) is 0 Å². The number of aliphatic imine (C=N–C) groups is 1. The molecular weight excluding hydrogens is 417 g/mol. The maximum absolute atomic E-state index is 13.7. The lowest BCUT2D eigenvalue weighted by Gasteiger charge is -2.15. The molecule has 0 aliphatic rings. The Morgan fingerprint density at radius 3 is 2.66 bits per heavy atom. The summed E-state index contributed by atoms with van der Waals surface area (Å²) in [4.78, 5) is 11.0. The van der Waals surface area contributed by atoms with Crippen LogP contribution in [0.1, 0.15) is 22.3 Å². The van der Waals surface area contributed by atoms with E-state index in [1.54, 1.807) is 12.4 Å². The van der Waals surface area contributed by atoms with E-state index in [1.165, 1.54) is 18.3 Å². The van der Waals surface area contributed by atoms with Gasteiger partial charge in [0.2, 0.25) is 0 Å². The van der Waals surface area contributed by atoms with Crippen LogP contribution in [0.5, 0.6) is 5.88 Å². The second-order valence-corrected chi connectivity index (χ2v) is 7.40. The number of pyridine rings is 1. The molecule has 2 heterocycles. The number of hydrogen-bond acceptors (Lipinski definition) is 4. The van der Waals surface area contributed by atoms with Crippen LogP contribution in [-0.2, 0) is 12.6 Å². The van der Waals surface area contributed by atoms with Gasteiger partial charge in [0.15, 0.2) is 5.88 Å². The Morgan fingerprint density at radius 1 is 1.12 bits per heavy atom. The third-order valence-electron chi connectivity index (χ3n) is 5.18. The number of H-pyrrole nitrogens is 1. The Bertz CT molecular complexity index is 1260. The minimum atomic E-state index is -4.54. The molecule has 0 aliphatic carbocycles. The lowest BCUT2D eigenvalue weighted by Crippen LogP contribution is -2.12. The second-order valence-electron chi connectivity index (χ2n) is 7.40. The van der Waals surface area contributed by atoms with Crippen LogP contribution in [-0.4, -0.2) is 27.8 Å². The van der Waals surface area contributed by atoms with Gasteiger partial charge in [0.05, 0.1) is 16.8 Å². The molecule has 0 radical (unpaired) electrons. The van der Waals surface area contributed by atoms with Crippen LogP contribution < -0.4 is 5.32 Å². The van der Waals surface area contributed by atoms with Crippen molar-refractivity contribution >= 4 is 28.5 Å². The summed E-state index contributed by atoms with van der Waals surface area (Å²) in [5.41, 5.74) is 2.41. The van der Waals surface area contributed by atoms with E-state index >= 15 is 0 Å². The Balaban J connectivity index is 1.59. The first-order valence-electron chi connectivity index (χ1n) is 10.0. The number of hydrogen-bond donors (Lipinski definition) is 3. The number of alkyl halides is 3. The van der Waals surface area contributed by atoms with E-state index in [1.807, 2.05) is 37.3 Å². The standard InChI is InChI=1S/C24H21F3N4O/c1-15-3-2-4-21-22(15)18(23(32)31-21)14-30-17-5-6-20(19(13-17)24(25,26)27)29-12-9-16-7-10-28-11-8-16/h2-8,10-11,13-14,29,31-32H,9,12H2,1H3. The smallest absolute Gasteiger partial charge is 0.418 e. The third kappa shape index (κ3) is 4.59.